The summed E-state index contributed by atoms with van der Waals surface area (Å²) < 4.78 is 15.8. The van der Waals surface area contributed by atoms with Gasteiger partial charge < -0.3 is 14.2 Å². The maximum Gasteiger partial charge on any atom is 0.203 e. The van der Waals surface area contributed by atoms with Crippen molar-refractivity contribution < 1.29 is 14.2 Å². The van der Waals surface area contributed by atoms with Gasteiger partial charge in [-0.05, 0) is 6.07 Å². The van der Waals surface area contributed by atoms with Crippen molar-refractivity contribution in [2.24, 2.45) is 0 Å². The quantitative estimate of drug-likeness (QED) is 0.692. The Morgan fingerprint density at radius 1 is 1.23 bits per heavy atom. The molecule has 13 heavy (non-hydrogen) atoms. The van der Waals surface area contributed by atoms with E-state index in [2.05, 4.69) is 0 Å². The number of fused-ring (bicyclic) bond motifs is 1. The molecule has 3 nitrogen and oxygen atoms in total. The molecule has 1 aliphatic rings. The Balaban J connectivity index is 2.53. The van der Waals surface area contributed by atoms with Gasteiger partial charge in [0.1, 0.15) is 0 Å². The van der Waals surface area contributed by atoms with Crippen LogP contribution in [0, 0.1) is 0 Å². The molecule has 1 heterocycles. The maximum absolute atomic E-state index is 5.46. The second kappa shape index (κ2) is 3.17. The van der Waals surface area contributed by atoms with Crippen LogP contribution in [0.1, 0.15) is 5.56 Å². The van der Waals surface area contributed by atoms with Gasteiger partial charge in [-0.15, -0.1) is 0 Å². The summed E-state index contributed by atoms with van der Waals surface area (Å²) >= 11 is 0. The first kappa shape index (κ1) is 8.23. The number of hydrogen-bond acceptors (Lipinski definition) is 3. The lowest BCUT2D eigenvalue weighted by Crippen LogP contribution is -1.93. The van der Waals surface area contributed by atoms with E-state index in [0.29, 0.717) is 5.75 Å². The summed E-state index contributed by atoms with van der Waals surface area (Å²) in [4.78, 5) is 0. The molecule has 1 aliphatic heterocycles. The summed E-state index contributed by atoms with van der Waals surface area (Å²) in [7, 11) is 3.25. The highest BCUT2D eigenvalue weighted by atomic mass is 16.5. The second-order valence-corrected chi connectivity index (χ2v) is 2.89. The predicted molar refractivity (Wildman–Crippen MR) is 48.7 cm³/mol. The van der Waals surface area contributed by atoms with Crippen LogP contribution in [0.4, 0.5) is 0 Å². The Morgan fingerprint density at radius 3 is 2.77 bits per heavy atom. The largest absolute Gasteiger partial charge is 0.493 e. The Bertz CT molecular complexity index is 320. The second-order valence-electron chi connectivity index (χ2n) is 2.89. The van der Waals surface area contributed by atoms with Crippen molar-refractivity contribution in [3.05, 3.63) is 17.7 Å². The standard InChI is InChI=1S/C10H12O3/c1-11-8-4-3-7-5-6-13-9(7)10(8)12-2/h3-4H,5-6H2,1-2H3. The van der Waals surface area contributed by atoms with Gasteiger partial charge in [-0.2, -0.15) is 0 Å². The van der Waals surface area contributed by atoms with Crippen molar-refractivity contribution in [3.8, 4) is 17.2 Å². The van der Waals surface area contributed by atoms with Crippen LogP contribution in [0.2, 0.25) is 0 Å². The van der Waals surface area contributed by atoms with Crippen LogP contribution in [0.3, 0.4) is 0 Å². The van der Waals surface area contributed by atoms with E-state index in [1.807, 2.05) is 12.1 Å². The minimum atomic E-state index is 0.706. The molecular formula is C10H12O3. The molecule has 0 spiro atoms. The third-order valence-corrected chi connectivity index (χ3v) is 2.20. The molecule has 0 saturated heterocycles. The van der Waals surface area contributed by atoms with Gasteiger partial charge in [0, 0.05) is 12.0 Å². The van der Waals surface area contributed by atoms with Crippen molar-refractivity contribution in [2.75, 3.05) is 20.8 Å². The molecular weight excluding hydrogens is 168 g/mol. The third-order valence-electron chi connectivity index (χ3n) is 2.20. The van der Waals surface area contributed by atoms with E-state index in [1.165, 1.54) is 5.56 Å². The van der Waals surface area contributed by atoms with E-state index in [9.17, 15) is 0 Å². The van der Waals surface area contributed by atoms with Crippen LogP contribution in [0.15, 0.2) is 12.1 Å². The molecule has 0 fully saturated rings. The molecule has 1 aromatic rings. The Hall–Kier alpha value is -1.38. The molecule has 0 amide bonds. The predicted octanol–water partition coefficient (Wildman–Crippen LogP) is 1.64. The normalized spacial score (nSPS) is 13.4. The van der Waals surface area contributed by atoms with Gasteiger partial charge in [-0.1, -0.05) is 6.07 Å². The summed E-state index contributed by atoms with van der Waals surface area (Å²) in [6.07, 6.45) is 0.954. The summed E-state index contributed by atoms with van der Waals surface area (Å²) in [5.41, 5.74) is 1.19. The molecule has 1 aromatic carbocycles. The Kier molecular flexibility index (Phi) is 2.00. The van der Waals surface area contributed by atoms with Crippen molar-refractivity contribution >= 4 is 0 Å². The lowest BCUT2D eigenvalue weighted by molar-refractivity contribution is 0.309. The zero-order chi connectivity index (χ0) is 9.26. The van der Waals surface area contributed by atoms with E-state index in [1.54, 1.807) is 14.2 Å². The number of rotatable bonds is 2. The first-order valence-electron chi connectivity index (χ1n) is 4.23. The average Bonchev–Trinajstić information content (AvgIpc) is 2.63. The molecule has 0 N–H and O–H groups in total. The molecule has 0 bridgehead atoms. The highest BCUT2D eigenvalue weighted by Crippen LogP contribution is 2.42. The summed E-state index contributed by atoms with van der Waals surface area (Å²) in [5, 5.41) is 0. The van der Waals surface area contributed by atoms with Crippen LogP contribution in [0.25, 0.3) is 0 Å². The van der Waals surface area contributed by atoms with Crippen molar-refractivity contribution in [1.82, 2.24) is 0 Å². The van der Waals surface area contributed by atoms with Crippen LogP contribution in [-0.4, -0.2) is 20.8 Å². The molecule has 0 unspecified atom stereocenters. The topological polar surface area (TPSA) is 27.7 Å². The van der Waals surface area contributed by atoms with E-state index in [0.717, 1.165) is 24.5 Å². The number of hydrogen-bond donors (Lipinski definition) is 0. The van der Waals surface area contributed by atoms with Crippen LogP contribution >= 0.6 is 0 Å². The van der Waals surface area contributed by atoms with E-state index in [4.69, 9.17) is 14.2 Å². The highest BCUT2D eigenvalue weighted by molar-refractivity contribution is 5.57. The molecule has 70 valence electrons. The Labute approximate surface area is 77.2 Å². The van der Waals surface area contributed by atoms with Gasteiger partial charge in [-0.3, -0.25) is 0 Å². The van der Waals surface area contributed by atoms with Crippen LogP contribution < -0.4 is 14.2 Å². The smallest absolute Gasteiger partial charge is 0.203 e. The van der Waals surface area contributed by atoms with Gasteiger partial charge in [0.15, 0.2) is 11.5 Å². The molecule has 0 aliphatic carbocycles. The van der Waals surface area contributed by atoms with Crippen molar-refractivity contribution in [2.45, 2.75) is 6.42 Å². The molecule has 0 radical (unpaired) electrons. The highest BCUT2D eigenvalue weighted by Gasteiger charge is 2.20. The minimum absolute atomic E-state index is 0.706. The minimum Gasteiger partial charge on any atom is -0.493 e. The first-order chi connectivity index (χ1) is 6.36. The van der Waals surface area contributed by atoms with E-state index in [-0.39, 0.29) is 0 Å². The number of methoxy groups -OCH3 is 2. The fourth-order valence-electron chi connectivity index (χ4n) is 1.56. The first-order valence-corrected chi connectivity index (χ1v) is 4.23. The third kappa shape index (κ3) is 1.20. The molecule has 0 aromatic heterocycles. The summed E-state index contributed by atoms with van der Waals surface area (Å²) in [5.74, 6) is 2.27. The lowest BCUT2D eigenvalue weighted by atomic mass is 10.1. The van der Waals surface area contributed by atoms with Gasteiger partial charge >= 0.3 is 0 Å². The van der Waals surface area contributed by atoms with Gasteiger partial charge in [-0.25, -0.2) is 0 Å². The fourth-order valence-corrected chi connectivity index (χ4v) is 1.56. The fraction of sp³-hybridized carbons (Fsp3) is 0.400. The molecule has 2 rings (SSSR count). The van der Waals surface area contributed by atoms with Gasteiger partial charge in [0.2, 0.25) is 5.75 Å². The summed E-state index contributed by atoms with van der Waals surface area (Å²) in [6, 6.07) is 3.93. The van der Waals surface area contributed by atoms with Crippen LogP contribution in [-0.2, 0) is 6.42 Å². The number of benzene rings is 1. The zero-order valence-electron chi connectivity index (χ0n) is 7.79. The maximum atomic E-state index is 5.46. The van der Waals surface area contributed by atoms with Crippen molar-refractivity contribution in [3.63, 3.8) is 0 Å². The SMILES string of the molecule is COc1ccc2c(c1OC)OCC2. The van der Waals surface area contributed by atoms with Gasteiger partial charge in [0.25, 0.3) is 0 Å². The monoisotopic (exact) mass is 180 g/mol. The van der Waals surface area contributed by atoms with Crippen LogP contribution in [0.5, 0.6) is 17.2 Å². The van der Waals surface area contributed by atoms with E-state index >= 15 is 0 Å². The number of ether oxygens (including phenoxy) is 3. The summed E-state index contributed by atoms with van der Waals surface area (Å²) in [6.45, 7) is 0.735. The van der Waals surface area contributed by atoms with Crippen molar-refractivity contribution in [1.29, 1.82) is 0 Å². The average molecular weight is 180 g/mol. The molecule has 0 atom stereocenters. The Morgan fingerprint density at radius 2 is 2.08 bits per heavy atom. The molecule has 3 heteroatoms. The molecule has 0 saturated carbocycles. The van der Waals surface area contributed by atoms with E-state index < -0.39 is 0 Å². The lowest BCUT2D eigenvalue weighted by Gasteiger charge is -2.10. The van der Waals surface area contributed by atoms with Gasteiger partial charge in [0.05, 0.1) is 20.8 Å². The zero-order valence-corrected chi connectivity index (χ0v) is 7.79.